The van der Waals surface area contributed by atoms with Crippen LogP contribution in [0, 0.1) is 0 Å². The minimum atomic E-state index is -0.0627. The first kappa shape index (κ1) is 13.6. The summed E-state index contributed by atoms with van der Waals surface area (Å²) < 4.78 is 0. The Morgan fingerprint density at radius 2 is 1.94 bits per heavy atom. The Morgan fingerprint density at radius 3 is 2.44 bits per heavy atom. The number of rotatable bonds is 4. The Kier molecular flexibility index (Phi) is 4.08. The largest absolute Gasteiger partial charge is 0.326 e. The van der Waals surface area contributed by atoms with Crippen LogP contribution in [0.2, 0.25) is 0 Å². The van der Waals surface area contributed by atoms with Gasteiger partial charge >= 0.3 is 0 Å². The molecule has 0 saturated carbocycles. The lowest BCUT2D eigenvalue weighted by Crippen LogP contribution is -2.32. The Bertz CT molecular complexity index is 375. The summed E-state index contributed by atoms with van der Waals surface area (Å²) in [5.41, 5.74) is 8.86. The molecule has 2 rings (SSSR count). The molecule has 1 aromatic carbocycles. The van der Waals surface area contributed by atoms with Crippen molar-refractivity contribution in [2.24, 2.45) is 5.73 Å². The van der Waals surface area contributed by atoms with Crippen LogP contribution in [0.25, 0.3) is 0 Å². The van der Waals surface area contributed by atoms with E-state index in [9.17, 15) is 0 Å². The molecule has 0 bridgehead atoms. The fourth-order valence-electron chi connectivity index (χ4n) is 2.63. The molecule has 1 atom stereocenters. The Balaban J connectivity index is 1.93. The molecule has 1 heterocycles. The van der Waals surface area contributed by atoms with Gasteiger partial charge in [-0.25, -0.2) is 0 Å². The molecule has 2 nitrogen and oxygen atoms in total. The van der Waals surface area contributed by atoms with Crippen molar-refractivity contribution < 1.29 is 0 Å². The summed E-state index contributed by atoms with van der Waals surface area (Å²) in [6.07, 6.45) is 3.42. The molecule has 100 valence electrons. The maximum absolute atomic E-state index is 6.02. The topological polar surface area (TPSA) is 29.3 Å². The van der Waals surface area contributed by atoms with Gasteiger partial charge in [0.1, 0.15) is 0 Å². The van der Waals surface area contributed by atoms with Crippen LogP contribution in [0.3, 0.4) is 0 Å². The van der Waals surface area contributed by atoms with E-state index in [1.54, 1.807) is 0 Å². The SMILES string of the molecule is CN1CCC(c2ccc(CCC(C)(C)N)cc2)C1. The number of likely N-dealkylation sites (tertiary alicyclic amines) is 1. The van der Waals surface area contributed by atoms with Crippen molar-refractivity contribution in [3.8, 4) is 0 Å². The zero-order valence-electron chi connectivity index (χ0n) is 11.9. The van der Waals surface area contributed by atoms with Crippen molar-refractivity contribution in [1.82, 2.24) is 4.90 Å². The predicted molar refractivity (Wildman–Crippen MR) is 77.9 cm³/mol. The fourth-order valence-corrected chi connectivity index (χ4v) is 2.63. The summed E-state index contributed by atoms with van der Waals surface area (Å²) in [7, 11) is 2.21. The number of likely N-dealkylation sites (N-methyl/N-ethyl adjacent to an activating group) is 1. The molecule has 1 unspecified atom stereocenters. The highest BCUT2D eigenvalue weighted by Crippen LogP contribution is 2.26. The third-order valence-electron chi connectivity index (χ3n) is 3.90. The molecule has 0 aromatic heterocycles. The second kappa shape index (κ2) is 5.41. The summed E-state index contributed by atoms with van der Waals surface area (Å²) in [6, 6.07) is 9.17. The average molecular weight is 246 g/mol. The van der Waals surface area contributed by atoms with E-state index in [0.29, 0.717) is 0 Å². The number of hydrogen-bond acceptors (Lipinski definition) is 2. The Hall–Kier alpha value is -0.860. The van der Waals surface area contributed by atoms with Gasteiger partial charge in [-0.2, -0.15) is 0 Å². The second-order valence-electron chi connectivity index (χ2n) is 6.48. The van der Waals surface area contributed by atoms with E-state index in [1.165, 1.54) is 30.6 Å². The Morgan fingerprint density at radius 1 is 1.28 bits per heavy atom. The lowest BCUT2D eigenvalue weighted by molar-refractivity contribution is 0.411. The molecular formula is C16H26N2. The molecule has 0 aliphatic carbocycles. The van der Waals surface area contributed by atoms with Crippen LogP contribution in [0.4, 0.5) is 0 Å². The minimum Gasteiger partial charge on any atom is -0.326 e. The predicted octanol–water partition coefficient (Wildman–Crippen LogP) is 2.78. The number of nitrogens with zero attached hydrogens (tertiary/aromatic N) is 1. The quantitative estimate of drug-likeness (QED) is 0.885. The van der Waals surface area contributed by atoms with Crippen molar-refractivity contribution in [3.63, 3.8) is 0 Å². The highest BCUT2D eigenvalue weighted by atomic mass is 15.1. The Labute approximate surface area is 111 Å². The van der Waals surface area contributed by atoms with Crippen molar-refractivity contribution in [2.45, 2.75) is 44.6 Å². The van der Waals surface area contributed by atoms with Crippen LogP contribution in [0.15, 0.2) is 24.3 Å². The first-order chi connectivity index (χ1) is 8.44. The van der Waals surface area contributed by atoms with Gasteiger partial charge in [-0.15, -0.1) is 0 Å². The first-order valence-electron chi connectivity index (χ1n) is 7.00. The fraction of sp³-hybridized carbons (Fsp3) is 0.625. The first-order valence-corrected chi connectivity index (χ1v) is 7.00. The van der Waals surface area contributed by atoms with Gasteiger partial charge in [-0.1, -0.05) is 24.3 Å². The summed E-state index contributed by atoms with van der Waals surface area (Å²) >= 11 is 0. The maximum Gasteiger partial charge on any atom is 0.0100 e. The van der Waals surface area contributed by atoms with Crippen LogP contribution < -0.4 is 5.73 Å². The lowest BCUT2D eigenvalue weighted by Gasteiger charge is -2.18. The third-order valence-corrected chi connectivity index (χ3v) is 3.90. The average Bonchev–Trinajstić information content (AvgIpc) is 2.73. The molecule has 2 heteroatoms. The molecular weight excluding hydrogens is 220 g/mol. The van der Waals surface area contributed by atoms with E-state index in [0.717, 1.165) is 18.8 Å². The van der Waals surface area contributed by atoms with Crippen LogP contribution in [-0.2, 0) is 6.42 Å². The van der Waals surface area contributed by atoms with E-state index in [4.69, 9.17) is 5.73 Å². The van der Waals surface area contributed by atoms with Crippen molar-refractivity contribution in [3.05, 3.63) is 35.4 Å². The molecule has 0 amide bonds. The standard InChI is InChI=1S/C16H26N2/c1-16(2,17)10-8-13-4-6-14(7-5-13)15-9-11-18(3)12-15/h4-7,15H,8-12,17H2,1-3H3. The summed E-state index contributed by atoms with van der Waals surface area (Å²) in [5, 5.41) is 0. The summed E-state index contributed by atoms with van der Waals surface area (Å²) in [6.45, 7) is 6.62. The van der Waals surface area contributed by atoms with E-state index in [-0.39, 0.29) is 5.54 Å². The molecule has 1 fully saturated rings. The molecule has 0 spiro atoms. The van der Waals surface area contributed by atoms with E-state index in [1.807, 2.05) is 0 Å². The molecule has 0 radical (unpaired) electrons. The monoisotopic (exact) mass is 246 g/mol. The zero-order valence-corrected chi connectivity index (χ0v) is 11.9. The highest BCUT2D eigenvalue weighted by Gasteiger charge is 2.20. The van der Waals surface area contributed by atoms with Crippen LogP contribution >= 0.6 is 0 Å². The van der Waals surface area contributed by atoms with Crippen molar-refractivity contribution >= 4 is 0 Å². The number of nitrogens with two attached hydrogens (primary N) is 1. The smallest absolute Gasteiger partial charge is 0.0100 e. The van der Waals surface area contributed by atoms with Crippen LogP contribution in [0.1, 0.15) is 43.7 Å². The molecule has 1 saturated heterocycles. The number of benzene rings is 1. The molecule has 2 N–H and O–H groups in total. The van der Waals surface area contributed by atoms with Crippen molar-refractivity contribution in [2.75, 3.05) is 20.1 Å². The van der Waals surface area contributed by atoms with E-state index in [2.05, 4.69) is 50.1 Å². The maximum atomic E-state index is 6.02. The van der Waals surface area contributed by atoms with Gasteiger partial charge in [0.05, 0.1) is 0 Å². The van der Waals surface area contributed by atoms with E-state index >= 15 is 0 Å². The summed E-state index contributed by atoms with van der Waals surface area (Å²) in [5.74, 6) is 0.731. The molecule has 1 aliphatic heterocycles. The van der Waals surface area contributed by atoms with Gasteiger partial charge in [0.2, 0.25) is 0 Å². The van der Waals surface area contributed by atoms with Crippen molar-refractivity contribution in [1.29, 1.82) is 0 Å². The van der Waals surface area contributed by atoms with E-state index < -0.39 is 0 Å². The number of aryl methyl sites for hydroxylation is 1. The minimum absolute atomic E-state index is 0.0627. The van der Waals surface area contributed by atoms with Crippen LogP contribution in [-0.4, -0.2) is 30.6 Å². The van der Waals surface area contributed by atoms with Gasteiger partial charge < -0.3 is 10.6 Å². The molecule has 1 aromatic rings. The zero-order chi connectivity index (χ0) is 13.2. The number of hydrogen-bond donors (Lipinski definition) is 1. The third kappa shape index (κ3) is 3.82. The van der Waals surface area contributed by atoms with Gasteiger partial charge in [0.15, 0.2) is 0 Å². The van der Waals surface area contributed by atoms with Crippen LogP contribution in [0.5, 0.6) is 0 Å². The van der Waals surface area contributed by atoms with Gasteiger partial charge in [-0.05, 0) is 63.7 Å². The lowest BCUT2D eigenvalue weighted by atomic mass is 9.93. The molecule has 1 aliphatic rings. The summed E-state index contributed by atoms with van der Waals surface area (Å²) in [4.78, 5) is 2.41. The van der Waals surface area contributed by atoms with Gasteiger partial charge in [0, 0.05) is 12.1 Å². The second-order valence-corrected chi connectivity index (χ2v) is 6.48. The van der Waals surface area contributed by atoms with Gasteiger partial charge in [-0.3, -0.25) is 0 Å². The highest BCUT2D eigenvalue weighted by molar-refractivity contribution is 5.26. The molecule has 18 heavy (non-hydrogen) atoms. The van der Waals surface area contributed by atoms with Gasteiger partial charge in [0.25, 0.3) is 0 Å². The normalized spacial score (nSPS) is 21.4.